The number of rotatable bonds is 5. The molecule has 4 aliphatic rings. The van der Waals surface area contributed by atoms with Gasteiger partial charge in [-0.25, -0.2) is 0 Å². The molecular weight excluding hydrogens is 364 g/mol. The van der Waals surface area contributed by atoms with Crippen LogP contribution < -0.4 is 0 Å². The largest absolute Gasteiger partial charge is 0.393 e. The van der Waals surface area contributed by atoms with Crippen molar-refractivity contribution in [2.24, 2.45) is 52.3 Å². The molecule has 9 atom stereocenters. The molecule has 1 heteroatoms. The van der Waals surface area contributed by atoms with Crippen molar-refractivity contribution in [3.05, 3.63) is 23.8 Å². The van der Waals surface area contributed by atoms with Crippen LogP contribution in [0.3, 0.4) is 0 Å². The first-order valence-electron chi connectivity index (χ1n) is 13.3. The van der Waals surface area contributed by atoms with E-state index in [4.69, 9.17) is 0 Å². The Morgan fingerprint density at radius 3 is 2.40 bits per heavy atom. The molecule has 4 aliphatic carbocycles. The highest BCUT2D eigenvalue weighted by Crippen LogP contribution is 2.66. The molecule has 0 amide bonds. The lowest BCUT2D eigenvalue weighted by Crippen LogP contribution is -2.49. The van der Waals surface area contributed by atoms with Crippen molar-refractivity contribution in [3.8, 4) is 0 Å². The third-order valence-corrected chi connectivity index (χ3v) is 10.7. The first-order chi connectivity index (χ1) is 14.2. The van der Waals surface area contributed by atoms with Gasteiger partial charge in [-0.15, -0.1) is 0 Å². The predicted molar refractivity (Wildman–Crippen MR) is 128 cm³/mol. The zero-order valence-electron chi connectivity index (χ0n) is 20.7. The molecule has 0 aromatic rings. The standard InChI is InChI=1S/C29H48O/c1-7-21(19(2)3)9-8-20(4)25-12-13-26-24-11-10-22-18-23(30)14-16-28(22,5)27(24)15-17-29(25,26)6/h8-9,11,19-23,25-27,30H,7,10,12-18H2,1-6H3/b9-8+/t20-,21+,22+,23-,25-,26+,27+,28+,29-/m1/s1. The Hall–Kier alpha value is -0.560. The quantitative estimate of drug-likeness (QED) is 0.457. The van der Waals surface area contributed by atoms with Gasteiger partial charge in [0.05, 0.1) is 6.10 Å². The number of hydrogen-bond donors (Lipinski definition) is 1. The van der Waals surface area contributed by atoms with Crippen LogP contribution in [0.1, 0.15) is 99.3 Å². The van der Waals surface area contributed by atoms with Gasteiger partial charge in [-0.05, 0) is 110 Å². The first-order valence-corrected chi connectivity index (χ1v) is 13.3. The van der Waals surface area contributed by atoms with Crippen LogP contribution in [0.15, 0.2) is 23.8 Å². The van der Waals surface area contributed by atoms with E-state index >= 15 is 0 Å². The van der Waals surface area contributed by atoms with Crippen LogP contribution in [0.5, 0.6) is 0 Å². The highest BCUT2D eigenvalue weighted by Gasteiger charge is 2.57. The van der Waals surface area contributed by atoms with Crippen molar-refractivity contribution >= 4 is 0 Å². The van der Waals surface area contributed by atoms with Crippen LogP contribution >= 0.6 is 0 Å². The van der Waals surface area contributed by atoms with Gasteiger partial charge in [0.2, 0.25) is 0 Å². The van der Waals surface area contributed by atoms with E-state index in [2.05, 4.69) is 59.8 Å². The van der Waals surface area contributed by atoms with E-state index in [1.54, 1.807) is 0 Å². The second-order valence-corrected chi connectivity index (χ2v) is 12.5. The lowest BCUT2D eigenvalue weighted by Gasteiger charge is -2.57. The van der Waals surface area contributed by atoms with Gasteiger partial charge in [0.25, 0.3) is 0 Å². The van der Waals surface area contributed by atoms with E-state index in [1.165, 1.54) is 44.9 Å². The summed E-state index contributed by atoms with van der Waals surface area (Å²) < 4.78 is 0. The first kappa shape index (κ1) is 22.6. The molecular formula is C29H48O. The summed E-state index contributed by atoms with van der Waals surface area (Å²) in [6, 6.07) is 0. The molecule has 30 heavy (non-hydrogen) atoms. The van der Waals surface area contributed by atoms with Crippen molar-refractivity contribution in [2.75, 3.05) is 0 Å². The maximum absolute atomic E-state index is 10.3. The SMILES string of the molecule is CC[C@@H](/C=C/[C@@H](C)[C@H]1CC[C@H]2C3=CC[C@H]4C[C@H](O)CC[C@]4(C)[C@H]3CC[C@]12C)C(C)C. The Bertz CT molecular complexity index is 674. The molecule has 3 fully saturated rings. The molecule has 0 spiro atoms. The van der Waals surface area contributed by atoms with E-state index in [1.807, 2.05) is 5.57 Å². The van der Waals surface area contributed by atoms with Crippen molar-refractivity contribution in [1.29, 1.82) is 0 Å². The van der Waals surface area contributed by atoms with Gasteiger partial charge in [0.1, 0.15) is 0 Å². The Kier molecular flexibility index (Phi) is 6.35. The molecule has 0 aliphatic heterocycles. The summed E-state index contributed by atoms with van der Waals surface area (Å²) in [4.78, 5) is 0. The Balaban J connectivity index is 1.53. The van der Waals surface area contributed by atoms with Crippen LogP contribution in [0.2, 0.25) is 0 Å². The minimum Gasteiger partial charge on any atom is -0.393 e. The molecule has 0 heterocycles. The Labute approximate surface area is 186 Å². The summed E-state index contributed by atoms with van der Waals surface area (Å²) in [6.45, 7) is 14.8. The van der Waals surface area contributed by atoms with E-state index < -0.39 is 0 Å². The average molecular weight is 413 g/mol. The van der Waals surface area contributed by atoms with Gasteiger partial charge < -0.3 is 5.11 Å². The summed E-state index contributed by atoms with van der Waals surface area (Å²) in [5.74, 6) is 5.32. The molecule has 4 rings (SSSR count). The molecule has 1 N–H and O–H groups in total. The summed E-state index contributed by atoms with van der Waals surface area (Å²) in [6.07, 6.45) is 19.2. The fourth-order valence-corrected chi connectivity index (χ4v) is 8.68. The maximum atomic E-state index is 10.3. The Morgan fingerprint density at radius 2 is 1.70 bits per heavy atom. The van der Waals surface area contributed by atoms with Crippen molar-refractivity contribution in [1.82, 2.24) is 0 Å². The van der Waals surface area contributed by atoms with Gasteiger partial charge >= 0.3 is 0 Å². The average Bonchev–Trinajstić information content (AvgIpc) is 3.06. The zero-order valence-corrected chi connectivity index (χ0v) is 20.7. The van der Waals surface area contributed by atoms with Gasteiger partial charge in [0.15, 0.2) is 0 Å². The smallest absolute Gasteiger partial charge is 0.0543 e. The molecule has 1 nitrogen and oxygen atoms in total. The molecule has 0 aromatic carbocycles. The third-order valence-electron chi connectivity index (χ3n) is 10.7. The minimum absolute atomic E-state index is 0.0480. The van der Waals surface area contributed by atoms with Crippen LogP contribution in [-0.2, 0) is 0 Å². The summed E-state index contributed by atoms with van der Waals surface area (Å²) in [7, 11) is 0. The highest BCUT2D eigenvalue weighted by molar-refractivity contribution is 5.28. The van der Waals surface area contributed by atoms with Crippen LogP contribution in [0, 0.1) is 52.3 Å². The summed E-state index contributed by atoms with van der Waals surface area (Å²) >= 11 is 0. The molecule has 0 radical (unpaired) electrons. The summed E-state index contributed by atoms with van der Waals surface area (Å²) in [5.41, 5.74) is 2.79. The minimum atomic E-state index is -0.0480. The topological polar surface area (TPSA) is 20.2 Å². The van der Waals surface area contributed by atoms with Crippen molar-refractivity contribution < 1.29 is 5.11 Å². The van der Waals surface area contributed by atoms with E-state index in [0.29, 0.717) is 22.7 Å². The van der Waals surface area contributed by atoms with Crippen LogP contribution in [-0.4, -0.2) is 11.2 Å². The number of hydrogen-bond acceptors (Lipinski definition) is 1. The second-order valence-electron chi connectivity index (χ2n) is 12.5. The van der Waals surface area contributed by atoms with Crippen molar-refractivity contribution in [3.63, 3.8) is 0 Å². The summed E-state index contributed by atoms with van der Waals surface area (Å²) in [5, 5.41) is 10.3. The molecule has 0 bridgehead atoms. The van der Waals surface area contributed by atoms with E-state index in [9.17, 15) is 5.11 Å². The highest BCUT2D eigenvalue weighted by atomic mass is 16.3. The molecule has 170 valence electrons. The van der Waals surface area contributed by atoms with Crippen LogP contribution in [0.4, 0.5) is 0 Å². The van der Waals surface area contributed by atoms with E-state index in [-0.39, 0.29) is 6.10 Å². The predicted octanol–water partition coefficient (Wildman–Crippen LogP) is 7.80. The third kappa shape index (κ3) is 3.66. The molecule has 0 unspecified atom stereocenters. The monoisotopic (exact) mass is 412 g/mol. The maximum Gasteiger partial charge on any atom is 0.0543 e. The molecule has 3 saturated carbocycles. The lowest BCUT2D eigenvalue weighted by atomic mass is 9.47. The van der Waals surface area contributed by atoms with Gasteiger partial charge in [-0.3, -0.25) is 0 Å². The van der Waals surface area contributed by atoms with Crippen molar-refractivity contribution in [2.45, 2.75) is 105 Å². The number of fused-ring (bicyclic) bond motifs is 5. The van der Waals surface area contributed by atoms with Gasteiger partial charge in [-0.1, -0.05) is 65.3 Å². The number of allylic oxidation sites excluding steroid dienone is 4. The molecule has 0 aromatic heterocycles. The zero-order chi connectivity index (χ0) is 21.7. The number of aliphatic hydroxyl groups excluding tert-OH is 1. The lowest BCUT2D eigenvalue weighted by molar-refractivity contribution is -0.0414. The Morgan fingerprint density at radius 1 is 1.00 bits per heavy atom. The second kappa shape index (κ2) is 8.42. The fraction of sp³-hybridized carbons (Fsp3) is 0.862. The van der Waals surface area contributed by atoms with E-state index in [0.717, 1.165) is 42.4 Å². The van der Waals surface area contributed by atoms with Crippen LogP contribution in [0.25, 0.3) is 0 Å². The fourth-order valence-electron chi connectivity index (χ4n) is 8.68. The van der Waals surface area contributed by atoms with Gasteiger partial charge in [0, 0.05) is 0 Å². The molecule has 0 saturated heterocycles. The number of aliphatic hydroxyl groups is 1. The van der Waals surface area contributed by atoms with Gasteiger partial charge in [-0.2, -0.15) is 0 Å². The normalized spacial score (nSPS) is 45.6.